The molecule has 4 atom stereocenters. The third kappa shape index (κ3) is 2.83. The summed E-state index contributed by atoms with van der Waals surface area (Å²) in [6, 6.07) is 3.91. The van der Waals surface area contributed by atoms with E-state index in [4.69, 9.17) is 0 Å². The zero-order valence-corrected chi connectivity index (χ0v) is 12.7. The summed E-state index contributed by atoms with van der Waals surface area (Å²) < 4.78 is 0. The number of rotatable bonds is 4. The predicted octanol–water partition coefficient (Wildman–Crippen LogP) is 3.10. The van der Waals surface area contributed by atoms with Crippen molar-refractivity contribution in [3.63, 3.8) is 0 Å². The van der Waals surface area contributed by atoms with Crippen LogP contribution in [0.15, 0.2) is 6.07 Å². The third-order valence-electron chi connectivity index (χ3n) is 5.08. The Morgan fingerprint density at radius 1 is 1.38 bits per heavy atom. The molecule has 0 amide bonds. The van der Waals surface area contributed by atoms with Gasteiger partial charge in [0, 0.05) is 12.1 Å². The van der Waals surface area contributed by atoms with Crippen LogP contribution in [0.1, 0.15) is 55.2 Å². The highest BCUT2D eigenvalue weighted by atomic mass is 16.1. The molecule has 0 spiro atoms. The van der Waals surface area contributed by atoms with E-state index in [1.54, 1.807) is 13.0 Å². The van der Waals surface area contributed by atoms with Gasteiger partial charge in [-0.15, -0.1) is 0 Å². The summed E-state index contributed by atoms with van der Waals surface area (Å²) in [5, 5.41) is 9.41. The Bertz CT molecular complexity index is 584. The first-order chi connectivity index (χ1) is 10.1. The van der Waals surface area contributed by atoms with Crippen LogP contribution in [0, 0.1) is 42.9 Å². The SMILES string of the molecule is Cc1cc([C@H](C#N)C(=O)C[C@@H]2C[C@H]3CC[C@H]2C3)nc(C)n1. The molecular weight excluding hydrogens is 262 g/mol. The van der Waals surface area contributed by atoms with Crippen LogP contribution in [0.4, 0.5) is 0 Å². The zero-order chi connectivity index (χ0) is 15.0. The highest BCUT2D eigenvalue weighted by Crippen LogP contribution is 2.49. The van der Waals surface area contributed by atoms with Crippen molar-refractivity contribution in [1.29, 1.82) is 5.26 Å². The van der Waals surface area contributed by atoms with Crippen LogP contribution in [0.3, 0.4) is 0 Å². The van der Waals surface area contributed by atoms with Gasteiger partial charge in [0.05, 0.1) is 11.8 Å². The molecule has 0 unspecified atom stereocenters. The van der Waals surface area contributed by atoms with Gasteiger partial charge >= 0.3 is 0 Å². The second-order valence-corrected chi connectivity index (χ2v) is 6.65. The number of aryl methyl sites for hydroxylation is 2. The number of nitriles is 1. The molecule has 1 aromatic rings. The monoisotopic (exact) mass is 283 g/mol. The Kier molecular flexibility index (Phi) is 3.75. The second kappa shape index (κ2) is 5.55. The Balaban J connectivity index is 1.74. The van der Waals surface area contributed by atoms with Crippen molar-refractivity contribution in [3.05, 3.63) is 23.3 Å². The molecule has 0 aromatic carbocycles. The summed E-state index contributed by atoms with van der Waals surface area (Å²) >= 11 is 0. The zero-order valence-electron chi connectivity index (χ0n) is 12.7. The van der Waals surface area contributed by atoms with Crippen molar-refractivity contribution in [2.75, 3.05) is 0 Å². The predicted molar refractivity (Wildman–Crippen MR) is 78.4 cm³/mol. The first-order valence-corrected chi connectivity index (χ1v) is 7.81. The van der Waals surface area contributed by atoms with E-state index >= 15 is 0 Å². The molecule has 2 saturated carbocycles. The lowest BCUT2D eigenvalue weighted by molar-refractivity contribution is -0.120. The smallest absolute Gasteiger partial charge is 0.156 e. The second-order valence-electron chi connectivity index (χ2n) is 6.65. The fourth-order valence-electron chi connectivity index (χ4n) is 4.20. The minimum absolute atomic E-state index is 0.0348. The molecule has 1 heterocycles. The molecule has 4 heteroatoms. The maximum Gasteiger partial charge on any atom is 0.156 e. The van der Waals surface area contributed by atoms with Crippen molar-refractivity contribution in [2.45, 2.75) is 51.9 Å². The van der Waals surface area contributed by atoms with E-state index in [1.165, 1.54) is 25.7 Å². The summed E-state index contributed by atoms with van der Waals surface area (Å²) in [7, 11) is 0. The van der Waals surface area contributed by atoms with Crippen molar-refractivity contribution >= 4 is 5.78 Å². The van der Waals surface area contributed by atoms with Crippen LogP contribution >= 0.6 is 0 Å². The topological polar surface area (TPSA) is 66.6 Å². The van der Waals surface area contributed by atoms with Crippen LogP contribution in [-0.2, 0) is 4.79 Å². The molecule has 21 heavy (non-hydrogen) atoms. The maximum atomic E-state index is 12.5. The molecule has 2 aliphatic rings. The number of fused-ring (bicyclic) bond motifs is 2. The quantitative estimate of drug-likeness (QED) is 0.851. The van der Waals surface area contributed by atoms with E-state index in [0.29, 0.717) is 29.8 Å². The maximum absolute atomic E-state index is 12.5. The fourth-order valence-corrected chi connectivity index (χ4v) is 4.20. The lowest BCUT2D eigenvalue weighted by Gasteiger charge is -2.21. The number of hydrogen-bond donors (Lipinski definition) is 0. The van der Waals surface area contributed by atoms with Gasteiger partial charge < -0.3 is 0 Å². The van der Waals surface area contributed by atoms with Gasteiger partial charge in [-0.3, -0.25) is 4.79 Å². The van der Waals surface area contributed by atoms with E-state index in [9.17, 15) is 10.1 Å². The molecule has 0 saturated heterocycles. The number of Topliss-reactive ketones (excluding diaryl/α,β-unsaturated/α-hetero) is 1. The molecule has 1 aromatic heterocycles. The summed E-state index contributed by atoms with van der Waals surface area (Å²) in [5.41, 5.74) is 1.38. The molecule has 0 radical (unpaired) electrons. The Labute approximate surface area is 125 Å². The van der Waals surface area contributed by atoms with Crippen molar-refractivity contribution < 1.29 is 4.79 Å². The van der Waals surface area contributed by atoms with Crippen molar-refractivity contribution in [2.24, 2.45) is 17.8 Å². The summed E-state index contributed by atoms with van der Waals surface area (Å²) in [6.45, 7) is 3.67. The minimum atomic E-state index is -0.732. The Morgan fingerprint density at radius 3 is 2.76 bits per heavy atom. The van der Waals surface area contributed by atoms with Crippen LogP contribution < -0.4 is 0 Å². The standard InChI is InChI=1S/C17H21N3O/c1-10-5-16(20-11(2)19-10)15(9-18)17(21)8-14-7-12-3-4-13(14)6-12/h5,12-15H,3-4,6-8H2,1-2H3/t12-,13-,14-,15-/m0/s1. The molecule has 2 fully saturated rings. The molecule has 110 valence electrons. The van der Waals surface area contributed by atoms with E-state index in [1.807, 2.05) is 6.92 Å². The van der Waals surface area contributed by atoms with Crippen LogP contribution in [0.2, 0.25) is 0 Å². The van der Waals surface area contributed by atoms with E-state index < -0.39 is 5.92 Å². The molecule has 3 rings (SSSR count). The van der Waals surface area contributed by atoms with Gasteiger partial charge in [0.15, 0.2) is 5.78 Å². The molecule has 2 bridgehead atoms. The van der Waals surface area contributed by atoms with E-state index in [0.717, 1.165) is 11.6 Å². The molecular formula is C17H21N3O. The van der Waals surface area contributed by atoms with Gasteiger partial charge in [0.2, 0.25) is 0 Å². The molecule has 4 nitrogen and oxygen atoms in total. The first kappa shape index (κ1) is 14.2. The largest absolute Gasteiger partial charge is 0.298 e. The number of carbonyl (C=O) groups excluding carboxylic acids is 1. The van der Waals surface area contributed by atoms with Gasteiger partial charge in [-0.05, 0) is 56.9 Å². The summed E-state index contributed by atoms with van der Waals surface area (Å²) in [5.74, 6) is 1.97. The normalized spacial score (nSPS) is 28.3. The van der Waals surface area contributed by atoms with E-state index in [2.05, 4.69) is 16.0 Å². The molecule has 0 aliphatic heterocycles. The van der Waals surface area contributed by atoms with Gasteiger partial charge in [-0.2, -0.15) is 5.26 Å². The van der Waals surface area contributed by atoms with E-state index in [-0.39, 0.29) is 5.78 Å². The number of aromatic nitrogens is 2. The first-order valence-electron chi connectivity index (χ1n) is 7.81. The average Bonchev–Trinajstić information content (AvgIpc) is 3.00. The summed E-state index contributed by atoms with van der Waals surface area (Å²) in [6.07, 6.45) is 5.62. The van der Waals surface area contributed by atoms with Crippen LogP contribution in [-0.4, -0.2) is 15.8 Å². The average molecular weight is 283 g/mol. The van der Waals surface area contributed by atoms with Crippen molar-refractivity contribution in [3.8, 4) is 6.07 Å². The van der Waals surface area contributed by atoms with Gasteiger partial charge in [-0.1, -0.05) is 6.42 Å². The molecule has 2 aliphatic carbocycles. The lowest BCUT2D eigenvalue weighted by Crippen LogP contribution is -2.20. The van der Waals surface area contributed by atoms with Crippen LogP contribution in [0.25, 0.3) is 0 Å². The number of hydrogen-bond acceptors (Lipinski definition) is 4. The van der Waals surface area contributed by atoms with Crippen molar-refractivity contribution in [1.82, 2.24) is 9.97 Å². The highest BCUT2D eigenvalue weighted by Gasteiger charge is 2.41. The minimum Gasteiger partial charge on any atom is -0.298 e. The number of nitrogens with zero attached hydrogens (tertiary/aromatic N) is 3. The highest BCUT2D eigenvalue weighted by molar-refractivity contribution is 5.88. The van der Waals surface area contributed by atoms with Gasteiger partial charge in [0.25, 0.3) is 0 Å². The van der Waals surface area contributed by atoms with Crippen LogP contribution in [0.5, 0.6) is 0 Å². The Morgan fingerprint density at radius 2 is 2.19 bits per heavy atom. The van der Waals surface area contributed by atoms with Gasteiger partial charge in [-0.25, -0.2) is 9.97 Å². The molecule has 0 N–H and O–H groups in total. The lowest BCUT2D eigenvalue weighted by atomic mass is 9.82. The Hall–Kier alpha value is -1.76. The van der Waals surface area contributed by atoms with Gasteiger partial charge in [0.1, 0.15) is 11.7 Å². The summed E-state index contributed by atoms with van der Waals surface area (Å²) in [4.78, 5) is 21.1. The third-order valence-corrected chi connectivity index (χ3v) is 5.08. The number of carbonyl (C=O) groups is 1. The fraction of sp³-hybridized carbons (Fsp3) is 0.647. The number of ketones is 1.